The van der Waals surface area contributed by atoms with Gasteiger partial charge in [-0.2, -0.15) is 0 Å². The van der Waals surface area contributed by atoms with Crippen molar-refractivity contribution in [2.24, 2.45) is 5.41 Å². The van der Waals surface area contributed by atoms with Crippen molar-refractivity contribution in [2.45, 2.75) is 37.1 Å². The number of piperidine rings is 1. The Bertz CT molecular complexity index is 604. The van der Waals surface area contributed by atoms with E-state index in [1.165, 1.54) is 6.42 Å². The highest BCUT2D eigenvalue weighted by atomic mass is 32.2. The van der Waals surface area contributed by atoms with Gasteiger partial charge in [0, 0.05) is 19.1 Å². The topological polar surface area (TPSA) is 61.4 Å². The lowest BCUT2D eigenvalue weighted by Gasteiger charge is -2.37. The van der Waals surface area contributed by atoms with E-state index in [-0.39, 0.29) is 6.04 Å². The van der Waals surface area contributed by atoms with Crippen LogP contribution in [0.15, 0.2) is 35.2 Å². The van der Waals surface area contributed by atoms with Gasteiger partial charge in [-0.05, 0) is 56.4 Å². The maximum atomic E-state index is 12.4. The number of benzene rings is 1. The molecule has 0 saturated carbocycles. The summed E-state index contributed by atoms with van der Waals surface area (Å²) in [4.78, 5) is 2.84. The lowest BCUT2D eigenvalue weighted by atomic mass is 9.88. The van der Waals surface area contributed by atoms with Crippen LogP contribution in [0.4, 0.5) is 0 Å². The monoisotopic (exact) mass is 337 g/mol. The Morgan fingerprint density at radius 3 is 2.57 bits per heavy atom. The second-order valence-corrected chi connectivity index (χ2v) is 8.94. The van der Waals surface area contributed by atoms with Crippen LogP contribution in [0, 0.1) is 5.41 Å². The fourth-order valence-corrected chi connectivity index (χ4v) is 4.97. The smallest absolute Gasteiger partial charge is 0.240 e. The van der Waals surface area contributed by atoms with Gasteiger partial charge in [-0.15, -0.1) is 0 Å². The van der Waals surface area contributed by atoms with E-state index >= 15 is 0 Å². The molecule has 3 rings (SSSR count). The second-order valence-electron chi connectivity index (χ2n) is 7.22. The quantitative estimate of drug-likeness (QED) is 0.853. The number of rotatable bonds is 5. The van der Waals surface area contributed by atoms with Crippen LogP contribution in [0.3, 0.4) is 0 Å². The molecule has 0 aliphatic carbocycles. The molecule has 1 aromatic rings. The minimum atomic E-state index is -3.39. The maximum Gasteiger partial charge on any atom is 0.240 e. The van der Waals surface area contributed by atoms with Gasteiger partial charge in [0.25, 0.3) is 0 Å². The van der Waals surface area contributed by atoms with Crippen LogP contribution in [-0.4, -0.2) is 52.1 Å². The van der Waals surface area contributed by atoms with Gasteiger partial charge in [0.2, 0.25) is 10.0 Å². The van der Waals surface area contributed by atoms with Crippen molar-refractivity contribution in [1.29, 1.82) is 0 Å². The average Bonchev–Trinajstić information content (AvgIpc) is 2.96. The molecule has 0 spiro atoms. The lowest BCUT2D eigenvalue weighted by Crippen LogP contribution is -2.47. The molecule has 128 valence electrons. The summed E-state index contributed by atoms with van der Waals surface area (Å²) in [5, 5.41) is 3.44. The molecule has 0 bridgehead atoms. The van der Waals surface area contributed by atoms with E-state index in [9.17, 15) is 8.42 Å². The first-order chi connectivity index (χ1) is 11.0. The number of likely N-dealkylation sites (tertiary alicyclic amines) is 1. The number of hydrogen-bond donors (Lipinski definition) is 2. The maximum absolute atomic E-state index is 12.4. The molecule has 2 saturated heterocycles. The van der Waals surface area contributed by atoms with Crippen molar-refractivity contribution in [1.82, 2.24) is 14.9 Å². The minimum Gasteiger partial charge on any atom is -0.316 e. The van der Waals surface area contributed by atoms with Gasteiger partial charge >= 0.3 is 0 Å². The van der Waals surface area contributed by atoms with E-state index < -0.39 is 10.0 Å². The Morgan fingerprint density at radius 1 is 1.26 bits per heavy atom. The van der Waals surface area contributed by atoms with Crippen molar-refractivity contribution >= 4 is 10.0 Å². The Hall–Kier alpha value is -0.950. The predicted molar refractivity (Wildman–Crippen MR) is 91.8 cm³/mol. The zero-order valence-corrected chi connectivity index (χ0v) is 14.6. The summed E-state index contributed by atoms with van der Waals surface area (Å²) in [6.45, 7) is 7.60. The number of sulfonamides is 1. The van der Waals surface area contributed by atoms with Crippen LogP contribution in [0.5, 0.6) is 0 Å². The third-order valence-electron chi connectivity index (χ3n) is 5.03. The molecule has 2 heterocycles. The highest BCUT2D eigenvalue weighted by Gasteiger charge is 2.32. The van der Waals surface area contributed by atoms with Crippen molar-refractivity contribution < 1.29 is 8.42 Å². The van der Waals surface area contributed by atoms with Gasteiger partial charge in [-0.25, -0.2) is 13.1 Å². The molecule has 2 N–H and O–H groups in total. The van der Waals surface area contributed by atoms with Crippen molar-refractivity contribution in [3.05, 3.63) is 30.3 Å². The van der Waals surface area contributed by atoms with Gasteiger partial charge in [-0.3, -0.25) is 0 Å². The third-order valence-corrected chi connectivity index (χ3v) is 6.56. The summed E-state index contributed by atoms with van der Waals surface area (Å²) in [6, 6.07) is 8.68. The zero-order chi connectivity index (χ0) is 16.3. The molecule has 0 radical (unpaired) electrons. The van der Waals surface area contributed by atoms with E-state index in [0.29, 0.717) is 10.3 Å². The normalized spacial score (nSPS) is 27.3. The summed E-state index contributed by atoms with van der Waals surface area (Å²) < 4.78 is 27.6. The van der Waals surface area contributed by atoms with Crippen LogP contribution in [-0.2, 0) is 10.0 Å². The molecule has 0 amide bonds. The van der Waals surface area contributed by atoms with Gasteiger partial charge in [0.1, 0.15) is 0 Å². The molecule has 1 aromatic carbocycles. The molecule has 0 aromatic heterocycles. The minimum absolute atomic E-state index is 0.0472. The number of nitrogens with zero attached hydrogens (tertiary/aromatic N) is 1. The first kappa shape index (κ1) is 16.9. The first-order valence-electron chi connectivity index (χ1n) is 8.47. The molecule has 2 aliphatic rings. The molecule has 2 aliphatic heterocycles. The van der Waals surface area contributed by atoms with Crippen molar-refractivity contribution in [3.8, 4) is 0 Å². The summed E-state index contributed by atoms with van der Waals surface area (Å²) in [5.41, 5.74) is 0.371. The average molecular weight is 337 g/mol. The molecule has 23 heavy (non-hydrogen) atoms. The Morgan fingerprint density at radius 2 is 1.96 bits per heavy atom. The number of hydrogen-bond acceptors (Lipinski definition) is 4. The first-order valence-corrected chi connectivity index (χ1v) is 9.96. The van der Waals surface area contributed by atoms with Gasteiger partial charge < -0.3 is 10.2 Å². The standard InChI is InChI=1S/C17H27N3O2S/c1-17(9-10-18-13-17)14-20-11-7-15(8-12-20)19-23(21,22)16-5-3-2-4-6-16/h2-6,15,18-19H,7-14H2,1H3. The van der Waals surface area contributed by atoms with Crippen LogP contribution in [0.2, 0.25) is 0 Å². The van der Waals surface area contributed by atoms with E-state index in [1.807, 2.05) is 6.07 Å². The Balaban J connectivity index is 1.51. The summed E-state index contributed by atoms with van der Waals surface area (Å²) >= 11 is 0. The molecular formula is C17H27N3O2S. The van der Waals surface area contributed by atoms with E-state index in [4.69, 9.17) is 0 Å². The second kappa shape index (κ2) is 6.89. The van der Waals surface area contributed by atoms with Gasteiger partial charge in [0.15, 0.2) is 0 Å². The van der Waals surface area contributed by atoms with Crippen LogP contribution in [0.1, 0.15) is 26.2 Å². The Kier molecular flexibility index (Phi) is 5.06. The zero-order valence-electron chi connectivity index (χ0n) is 13.8. The lowest BCUT2D eigenvalue weighted by molar-refractivity contribution is 0.142. The predicted octanol–water partition coefficient (Wildman–Crippen LogP) is 1.43. The molecular weight excluding hydrogens is 310 g/mol. The molecule has 5 nitrogen and oxygen atoms in total. The van der Waals surface area contributed by atoms with E-state index in [2.05, 4.69) is 21.9 Å². The van der Waals surface area contributed by atoms with Crippen LogP contribution in [0.25, 0.3) is 0 Å². The van der Waals surface area contributed by atoms with E-state index in [0.717, 1.165) is 45.6 Å². The molecule has 1 unspecified atom stereocenters. The summed E-state index contributed by atoms with van der Waals surface area (Å²) in [6.07, 6.45) is 3.00. The molecule has 6 heteroatoms. The van der Waals surface area contributed by atoms with Crippen LogP contribution < -0.4 is 10.0 Å². The molecule has 2 fully saturated rings. The van der Waals surface area contributed by atoms with Gasteiger partial charge in [-0.1, -0.05) is 25.1 Å². The fourth-order valence-electron chi connectivity index (χ4n) is 3.64. The number of nitrogens with one attached hydrogen (secondary N) is 2. The van der Waals surface area contributed by atoms with Crippen molar-refractivity contribution in [2.75, 3.05) is 32.7 Å². The summed E-state index contributed by atoms with van der Waals surface area (Å²) in [5.74, 6) is 0. The van der Waals surface area contributed by atoms with Crippen LogP contribution >= 0.6 is 0 Å². The highest BCUT2D eigenvalue weighted by Crippen LogP contribution is 2.27. The third kappa shape index (κ3) is 4.32. The Labute approximate surface area is 139 Å². The largest absolute Gasteiger partial charge is 0.316 e. The highest BCUT2D eigenvalue weighted by molar-refractivity contribution is 7.89. The summed E-state index contributed by atoms with van der Waals surface area (Å²) in [7, 11) is -3.39. The SMILES string of the molecule is CC1(CN2CCC(NS(=O)(=O)c3ccccc3)CC2)CCNC1. The molecule has 1 atom stereocenters. The van der Waals surface area contributed by atoms with E-state index in [1.54, 1.807) is 24.3 Å². The van der Waals surface area contributed by atoms with Gasteiger partial charge in [0.05, 0.1) is 4.90 Å². The fraction of sp³-hybridized carbons (Fsp3) is 0.647. The van der Waals surface area contributed by atoms with Crippen molar-refractivity contribution in [3.63, 3.8) is 0 Å².